The normalized spacial score (nSPS) is 24.5. The first-order valence-corrected chi connectivity index (χ1v) is 24.5. The SMILES string of the molecule is [CH2]=[Zr]([Cl])([Cl])([CH2]C)([CH2]CC)([CH]1C=Cc2ccccc21)[CH]1C=Cc2ccccc21. The number of benzene rings is 2. The van der Waals surface area contributed by atoms with Crippen molar-refractivity contribution in [1.82, 2.24) is 0 Å². The van der Waals surface area contributed by atoms with Crippen LogP contribution in [-0.4, -0.2) is 4.21 Å². The molecule has 27 heavy (non-hydrogen) atoms. The molecule has 2 aromatic rings. The molecule has 4 rings (SSSR count). The number of rotatable bonds is 5. The van der Waals surface area contributed by atoms with Gasteiger partial charge >= 0.3 is 165 Å². The molecule has 0 saturated heterocycles. The van der Waals surface area contributed by atoms with Gasteiger partial charge in [-0.15, -0.1) is 0 Å². The van der Waals surface area contributed by atoms with Gasteiger partial charge in [0, 0.05) is 0 Å². The van der Waals surface area contributed by atoms with Crippen LogP contribution >= 0.6 is 17.0 Å². The molecule has 2 aliphatic carbocycles. The van der Waals surface area contributed by atoms with Gasteiger partial charge in [-0.1, -0.05) is 0 Å². The van der Waals surface area contributed by atoms with Gasteiger partial charge in [-0.3, -0.25) is 0 Å². The first-order chi connectivity index (χ1) is 12.6. The molecule has 0 aromatic heterocycles. The van der Waals surface area contributed by atoms with E-state index in [0.717, 1.165) is 10.5 Å². The summed E-state index contributed by atoms with van der Waals surface area (Å²) in [6, 6.07) is 17.0. The molecule has 142 valence electrons. The van der Waals surface area contributed by atoms with Gasteiger partial charge in [-0.2, -0.15) is 0 Å². The van der Waals surface area contributed by atoms with E-state index >= 15 is 0 Å². The average molecular weight is 479 g/mol. The molecular formula is C24H28Cl2Zr. The van der Waals surface area contributed by atoms with Gasteiger partial charge in [0.1, 0.15) is 0 Å². The molecule has 0 N–H and O–H groups in total. The summed E-state index contributed by atoms with van der Waals surface area (Å²) in [6.07, 6.45) is 9.82. The van der Waals surface area contributed by atoms with Crippen molar-refractivity contribution in [2.24, 2.45) is 0 Å². The van der Waals surface area contributed by atoms with E-state index in [2.05, 4.69) is 86.7 Å². The Morgan fingerprint density at radius 3 is 1.67 bits per heavy atom. The van der Waals surface area contributed by atoms with Crippen molar-refractivity contribution in [2.45, 2.75) is 35.8 Å². The monoisotopic (exact) mass is 476 g/mol. The summed E-state index contributed by atoms with van der Waals surface area (Å²) in [6.45, 7) is 4.36. The molecule has 0 nitrogen and oxygen atoms in total. The van der Waals surface area contributed by atoms with Crippen LogP contribution in [0.4, 0.5) is 0 Å². The molecule has 0 bridgehead atoms. The Morgan fingerprint density at radius 1 is 0.815 bits per heavy atom. The molecule has 0 heterocycles. The summed E-state index contributed by atoms with van der Waals surface area (Å²) in [4.78, 5) is 0. The van der Waals surface area contributed by atoms with Gasteiger partial charge in [0.15, 0.2) is 0 Å². The van der Waals surface area contributed by atoms with Crippen LogP contribution in [0.5, 0.6) is 0 Å². The Balaban J connectivity index is 2.11. The first-order valence-electron chi connectivity index (χ1n) is 10.1. The molecule has 2 aliphatic rings. The van der Waals surface area contributed by atoms with Gasteiger partial charge in [0.05, 0.1) is 0 Å². The molecule has 2 unspecified atom stereocenters. The quantitative estimate of drug-likeness (QED) is 0.405. The van der Waals surface area contributed by atoms with Crippen molar-refractivity contribution in [2.75, 3.05) is 0 Å². The van der Waals surface area contributed by atoms with E-state index in [1.807, 2.05) is 0 Å². The molecule has 0 spiro atoms. The summed E-state index contributed by atoms with van der Waals surface area (Å²) in [5.41, 5.74) is 4.93. The number of allylic oxidation sites excluding steroid dienone is 2. The summed E-state index contributed by atoms with van der Waals surface area (Å²) < 4.78 is 6.46. The van der Waals surface area contributed by atoms with Crippen molar-refractivity contribution in [3.05, 3.63) is 82.9 Å². The zero-order chi connectivity index (χ0) is 19.4. The van der Waals surface area contributed by atoms with Crippen LogP contribution in [0.3, 0.4) is 0 Å². The Kier molecular flexibility index (Phi) is 3.80. The minimum absolute atomic E-state index is 0.0352. The molecule has 0 saturated carbocycles. The second-order valence-corrected chi connectivity index (χ2v) is 50.5. The Bertz CT molecular complexity index is 1060. The molecule has 3 heteroatoms. The third kappa shape index (κ3) is 2.35. The predicted octanol–water partition coefficient (Wildman–Crippen LogP) is 8.29. The Labute approximate surface area is 164 Å². The number of fused-ring (bicyclic) bond motifs is 2. The van der Waals surface area contributed by atoms with Crippen LogP contribution in [0.15, 0.2) is 60.7 Å². The van der Waals surface area contributed by atoms with Crippen LogP contribution in [-0.2, 0) is 12.9 Å². The van der Waals surface area contributed by atoms with Gasteiger partial charge < -0.3 is 0 Å². The third-order valence-electron chi connectivity index (χ3n) is 8.00. The molecule has 2 aromatic carbocycles. The second kappa shape index (κ2) is 5.24. The predicted molar refractivity (Wildman–Crippen MR) is 121 cm³/mol. The van der Waals surface area contributed by atoms with Crippen molar-refractivity contribution in [3.63, 3.8) is 0 Å². The van der Waals surface area contributed by atoms with Crippen LogP contribution in [0.2, 0.25) is 8.26 Å². The standard InChI is InChI=1S/2C9H7.C3H7.C2H5.CH2.2ClH.Zr/c2*1-2-5-9-7-3-6-8(9)4-1;1-3-2;1-2;;;;/h2*1-7H;1,3H2,2H3;1H2,2H3;1H2;2*1H;/q;;;;;;;+2/p-2. The molecule has 0 amide bonds. The number of hydrogen-bond acceptors (Lipinski definition) is 0. The van der Waals surface area contributed by atoms with E-state index in [0.29, 0.717) is 4.13 Å². The summed E-state index contributed by atoms with van der Waals surface area (Å²) in [7, 11) is 16.4. The van der Waals surface area contributed by atoms with Gasteiger partial charge in [-0.05, 0) is 0 Å². The second-order valence-electron chi connectivity index (χ2n) is 9.49. The fourth-order valence-electron chi connectivity index (χ4n) is 6.19. The maximum absolute atomic E-state index is 8.20. The Morgan fingerprint density at radius 2 is 1.26 bits per heavy atom. The van der Waals surface area contributed by atoms with E-state index in [-0.39, 0.29) is 7.25 Å². The van der Waals surface area contributed by atoms with Gasteiger partial charge in [0.25, 0.3) is 0 Å². The third-order valence-corrected chi connectivity index (χ3v) is 43.1. The molecular weight excluding hydrogens is 450 g/mol. The van der Waals surface area contributed by atoms with Crippen molar-refractivity contribution >= 4 is 33.4 Å². The van der Waals surface area contributed by atoms with Crippen LogP contribution in [0, 0.1) is 0 Å². The zero-order valence-corrected chi connectivity index (χ0v) is 20.1. The van der Waals surface area contributed by atoms with E-state index < -0.39 is 12.9 Å². The van der Waals surface area contributed by atoms with Gasteiger partial charge in [-0.25, -0.2) is 0 Å². The first kappa shape index (κ1) is 19.6. The maximum atomic E-state index is 8.20. The zero-order valence-electron chi connectivity index (χ0n) is 16.2. The summed E-state index contributed by atoms with van der Waals surface area (Å²) in [5, 5.41) is 0. The molecule has 0 fully saturated rings. The fraction of sp³-hybridized carbons (Fsp3) is 0.292. The Hall–Kier alpha value is -0.747. The fourth-order valence-corrected chi connectivity index (χ4v) is 32.8. The number of hydrogen-bond donors (Lipinski definition) is 0. The van der Waals surface area contributed by atoms with Crippen molar-refractivity contribution < 1.29 is 12.9 Å². The van der Waals surface area contributed by atoms with Crippen molar-refractivity contribution in [3.8, 4) is 0 Å². The van der Waals surface area contributed by atoms with E-state index in [9.17, 15) is 0 Å². The van der Waals surface area contributed by atoms with Crippen LogP contribution in [0.1, 0.15) is 49.8 Å². The molecule has 2 atom stereocenters. The summed E-state index contributed by atoms with van der Waals surface area (Å²) >= 11 is -5.74. The van der Waals surface area contributed by atoms with Gasteiger partial charge in [0.2, 0.25) is 0 Å². The molecule has 0 radical (unpaired) electrons. The summed E-state index contributed by atoms with van der Waals surface area (Å²) in [5.74, 6) is 0. The van der Waals surface area contributed by atoms with E-state index in [4.69, 9.17) is 21.2 Å². The number of halogens is 2. The minimum atomic E-state index is -5.74. The molecule has 0 aliphatic heterocycles. The van der Waals surface area contributed by atoms with Crippen molar-refractivity contribution in [1.29, 1.82) is 0 Å². The van der Waals surface area contributed by atoms with E-state index in [1.165, 1.54) is 22.3 Å². The van der Waals surface area contributed by atoms with Crippen LogP contribution < -0.4 is 0 Å². The van der Waals surface area contributed by atoms with Crippen LogP contribution in [0.25, 0.3) is 12.2 Å². The topological polar surface area (TPSA) is 0 Å². The average Bonchev–Trinajstić information content (AvgIpc) is 3.28. The van der Waals surface area contributed by atoms with E-state index in [1.54, 1.807) is 0 Å².